The molecular formula is C11H7ClF2N2O2S. The maximum absolute atomic E-state index is 13.4. The summed E-state index contributed by atoms with van der Waals surface area (Å²) in [6.07, 6.45) is 2.29. The molecule has 0 saturated carbocycles. The van der Waals surface area contributed by atoms with Gasteiger partial charge in [0.05, 0.1) is 5.02 Å². The average molecular weight is 305 g/mol. The molecule has 8 heteroatoms. The molecule has 1 aromatic carbocycles. The van der Waals surface area contributed by atoms with Gasteiger partial charge in [0.15, 0.2) is 0 Å². The summed E-state index contributed by atoms with van der Waals surface area (Å²) < 4.78 is 52.5. The van der Waals surface area contributed by atoms with Crippen molar-refractivity contribution in [2.45, 2.75) is 4.90 Å². The van der Waals surface area contributed by atoms with Crippen LogP contribution in [0.5, 0.6) is 0 Å². The van der Waals surface area contributed by atoms with E-state index in [1.165, 1.54) is 12.3 Å². The molecular weight excluding hydrogens is 298 g/mol. The molecule has 0 fully saturated rings. The number of anilines is 1. The topological polar surface area (TPSA) is 59.1 Å². The molecule has 19 heavy (non-hydrogen) atoms. The Morgan fingerprint density at radius 1 is 1.16 bits per heavy atom. The van der Waals surface area contributed by atoms with E-state index < -0.39 is 27.3 Å². The van der Waals surface area contributed by atoms with Gasteiger partial charge in [0.25, 0.3) is 10.0 Å². The van der Waals surface area contributed by atoms with Crippen molar-refractivity contribution in [3.63, 3.8) is 0 Å². The Morgan fingerprint density at radius 2 is 1.79 bits per heavy atom. The minimum absolute atomic E-state index is 0.0979. The minimum Gasteiger partial charge on any atom is -0.274 e. The first kappa shape index (κ1) is 13.7. The molecule has 0 aliphatic carbocycles. The summed E-state index contributed by atoms with van der Waals surface area (Å²) in [5.74, 6) is -2.05. The van der Waals surface area contributed by atoms with Crippen LogP contribution in [-0.2, 0) is 10.0 Å². The lowest BCUT2D eigenvalue weighted by Crippen LogP contribution is -2.15. The summed E-state index contributed by atoms with van der Waals surface area (Å²) >= 11 is 5.71. The lowest BCUT2D eigenvalue weighted by Gasteiger charge is -2.10. The summed E-state index contributed by atoms with van der Waals surface area (Å²) in [7, 11) is -4.21. The SMILES string of the molecule is O=S(=O)(Nc1c(F)cccc1F)c1cnccc1Cl. The molecule has 1 N–H and O–H groups in total. The van der Waals surface area contributed by atoms with Gasteiger partial charge in [-0.1, -0.05) is 17.7 Å². The lowest BCUT2D eigenvalue weighted by atomic mass is 10.3. The number of benzene rings is 1. The second-order valence-corrected chi connectivity index (χ2v) is 5.57. The zero-order valence-corrected chi connectivity index (χ0v) is 10.8. The zero-order chi connectivity index (χ0) is 14.0. The van der Waals surface area contributed by atoms with E-state index in [0.29, 0.717) is 0 Å². The van der Waals surface area contributed by atoms with Crippen LogP contribution >= 0.6 is 11.6 Å². The minimum atomic E-state index is -4.21. The van der Waals surface area contributed by atoms with Crippen molar-refractivity contribution in [1.82, 2.24) is 4.98 Å². The van der Waals surface area contributed by atoms with Crippen LogP contribution in [0.2, 0.25) is 5.02 Å². The number of sulfonamides is 1. The number of rotatable bonds is 3. The first-order valence-electron chi connectivity index (χ1n) is 4.98. The van der Waals surface area contributed by atoms with Gasteiger partial charge in [0.1, 0.15) is 22.2 Å². The van der Waals surface area contributed by atoms with Crippen molar-refractivity contribution in [3.8, 4) is 0 Å². The normalized spacial score (nSPS) is 11.3. The fourth-order valence-electron chi connectivity index (χ4n) is 1.35. The summed E-state index contributed by atoms with van der Waals surface area (Å²) in [6.45, 7) is 0. The molecule has 0 spiro atoms. The van der Waals surface area contributed by atoms with Crippen molar-refractivity contribution in [1.29, 1.82) is 0 Å². The van der Waals surface area contributed by atoms with Crippen LogP contribution < -0.4 is 4.72 Å². The van der Waals surface area contributed by atoms with E-state index in [1.807, 2.05) is 4.72 Å². The van der Waals surface area contributed by atoms with Crippen LogP contribution in [0.3, 0.4) is 0 Å². The van der Waals surface area contributed by atoms with Crippen molar-refractivity contribution < 1.29 is 17.2 Å². The fraction of sp³-hybridized carbons (Fsp3) is 0. The van der Waals surface area contributed by atoms with Crippen LogP contribution in [-0.4, -0.2) is 13.4 Å². The Bertz CT molecular complexity index is 702. The third-order valence-electron chi connectivity index (χ3n) is 2.22. The van der Waals surface area contributed by atoms with Gasteiger partial charge in [-0.05, 0) is 18.2 Å². The Balaban J connectivity index is 2.46. The highest BCUT2D eigenvalue weighted by atomic mass is 35.5. The van der Waals surface area contributed by atoms with Gasteiger partial charge in [-0.3, -0.25) is 9.71 Å². The molecule has 0 atom stereocenters. The highest BCUT2D eigenvalue weighted by Crippen LogP contribution is 2.25. The standard InChI is InChI=1S/C11H7ClF2N2O2S/c12-7-4-5-15-6-10(7)19(17,18)16-11-8(13)2-1-3-9(11)14/h1-6,16H. The molecule has 2 aromatic rings. The van der Waals surface area contributed by atoms with Gasteiger partial charge >= 0.3 is 0 Å². The van der Waals surface area contributed by atoms with Crippen molar-refractivity contribution in [2.24, 2.45) is 0 Å². The molecule has 0 radical (unpaired) electrons. The maximum Gasteiger partial charge on any atom is 0.265 e. The third kappa shape index (κ3) is 2.82. The summed E-state index contributed by atoms with van der Waals surface area (Å²) in [5.41, 5.74) is -0.762. The van der Waals surface area contributed by atoms with E-state index >= 15 is 0 Å². The lowest BCUT2D eigenvalue weighted by molar-refractivity contribution is 0.582. The Labute approximate surface area is 113 Å². The number of halogens is 3. The van der Waals surface area contributed by atoms with E-state index in [0.717, 1.165) is 24.4 Å². The summed E-state index contributed by atoms with van der Waals surface area (Å²) in [6, 6.07) is 4.25. The molecule has 4 nitrogen and oxygen atoms in total. The number of hydrogen-bond donors (Lipinski definition) is 1. The molecule has 1 heterocycles. The predicted molar refractivity (Wildman–Crippen MR) is 66.4 cm³/mol. The van der Waals surface area contributed by atoms with Gasteiger partial charge in [0, 0.05) is 12.4 Å². The summed E-state index contributed by atoms with van der Waals surface area (Å²) in [4.78, 5) is 3.25. The van der Waals surface area contributed by atoms with E-state index in [9.17, 15) is 17.2 Å². The molecule has 0 unspecified atom stereocenters. The van der Waals surface area contributed by atoms with Crippen molar-refractivity contribution in [2.75, 3.05) is 4.72 Å². The molecule has 0 bridgehead atoms. The Hall–Kier alpha value is -1.73. The number of pyridine rings is 1. The fourth-order valence-corrected chi connectivity index (χ4v) is 2.85. The van der Waals surface area contributed by atoms with Crippen LogP contribution in [0.15, 0.2) is 41.6 Å². The van der Waals surface area contributed by atoms with Crippen LogP contribution in [0.1, 0.15) is 0 Å². The smallest absolute Gasteiger partial charge is 0.265 e. The number of hydrogen-bond acceptors (Lipinski definition) is 3. The van der Waals surface area contributed by atoms with Gasteiger partial charge in [0.2, 0.25) is 0 Å². The molecule has 0 aliphatic rings. The van der Waals surface area contributed by atoms with Gasteiger partial charge in [-0.15, -0.1) is 0 Å². The van der Waals surface area contributed by atoms with Crippen molar-refractivity contribution >= 4 is 27.3 Å². The zero-order valence-electron chi connectivity index (χ0n) is 9.27. The predicted octanol–water partition coefficient (Wildman–Crippen LogP) is 2.81. The number of nitrogens with one attached hydrogen (secondary N) is 1. The molecule has 100 valence electrons. The van der Waals surface area contributed by atoms with Gasteiger partial charge < -0.3 is 0 Å². The second kappa shape index (κ2) is 5.10. The third-order valence-corrected chi connectivity index (χ3v) is 4.04. The quantitative estimate of drug-likeness (QED) is 0.948. The second-order valence-electron chi connectivity index (χ2n) is 3.51. The van der Waals surface area contributed by atoms with E-state index in [-0.39, 0.29) is 9.92 Å². The van der Waals surface area contributed by atoms with Crippen LogP contribution in [0.4, 0.5) is 14.5 Å². The molecule has 0 amide bonds. The van der Waals surface area contributed by atoms with Crippen LogP contribution in [0, 0.1) is 11.6 Å². The van der Waals surface area contributed by atoms with Crippen molar-refractivity contribution in [3.05, 3.63) is 53.3 Å². The van der Waals surface area contributed by atoms with E-state index in [4.69, 9.17) is 11.6 Å². The first-order chi connectivity index (χ1) is 8.92. The van der Waals surface area contributed by atoms with E-state index in [2.05, 4.69) is 4.98 Å². The summed E-state index contributed by atoms with van der Waals surface area (Å²) in [5, 5.41) is -0.0979. The Kier molecular flexibility index (Phi) is 3.68. The number of nitrogens with zero attached hydrogens (tertiary/aromatic N) is 1. The average Bonchev–Trinajstić information content (AvgIpc) is 2.34. The molecule has 0 aliphatic heterocycles. The highest BCUT2D eigenvalue weighted by molar-refractivity contribution is 7.92. The molecule has 1 aromatic heterocycles. The first-order valence-corrected chi connectivity index (χ1v) is 6.84. The highest BCUT2D eigenvalue weighted by Gasteiger charge is 2.21. The number of aromatic nitrogens is 1. The van der Waals surface area contributed by atoms with Crippen LogP contribution in [0.25, 0.3) is 0 Å². The maximum atomic E-state index is 13.4. The Morgan fingerprint density at radius 3 is 2.37 bits per heavy atom. The van der Waals surface area contributed by atoms with Gasteiger partial charge in [-0.2, -0.15) is 0 Å². The van der Waals surface area contributed by atoms with E-state index in [1.54, 1.807) is 0 Å². The molecule has 0 saturated heterocycles. The molecule has 2 rings (SSSR count). The number of para-hydroxylation sites is 1. The van der Waals surface area contributed by atoms with Gasteiger partial charge in [-0.25, -0.2) is 17.2 Å². The monoisotopic (exact) mass is 304 g/mol. The largest absolute Gasteiger partial charge is 0.274 e.